The largest absolute Gasteiger partial charge is 0.496 e. The molecule has 2 heterocycles. The van der Waals surface area contributed by atoms with Crippen LogP contribution in [0.25, 0.3) is 22.2 Å². The number of amides is 1. The van der Waals surface area contributed by atoms with Gasteiger partial charge in [-0.25, -0.2) is 15.0 Å². The number of rotatable bonds is 10. The monoisotopic (exact) mass is 481 g/mol. The molecular formula is C25H28ClN5O3. The maximum Gasteiger partial charge on any atom is 0.243 e. The Balaban J connectivity index is 1.85. The lowest BCUT2D eigenvalue weighted by Gasteiger charge is -2.18. The van der Waals surface area contributed by atoms with Crippen LogP contribution in [0.15, 0.2) is 31.0 Å². The van der Waals surface area contributed by atoms with Gasteiger partial charge in [0.05, 0.1) is 31.5 Å². The molecule has 0 radical (unpaired) electrons. The molecule has 0 unspecified atom stereocenters. The lowest BCUT2D eigenvalue weighted by Crippen LogP contribution is -2.21. The molecule has 1 saturated carbocycles. The number of pyridine rings is 1. The maximum atomic E-state index is 11.6. The highest BCUT2D eigenvalue weighted by atomic mass is 35.5. The molecule has 0 saturated heterocycles. The number of nitrogens with one attached hydrogen (secondary N) is 2. The fourth-order valence-electron chi connectivity index (χ4n) is 3.81. The number of nitrogens with zero attached hydrogens (tertiary/aromatic N) is 3. The molecule has 2 aromatic heterocycles. The van der Waals surface area contributed by atoms with Gasteiger partial charge in [0, 0.05) is 35.3 Å². The van der Waals surface area contributed by atoms with Crippen molar-refractivity contribution in [2.45, 2.75) is 32.7 Å². The highest BCUT2D eigenvalue weighted by Crippen LogP contribution is 2.44. The Morgan fingerprint density at radius 2 is 2.00 bits per heavy atom. The molecule has 178 valence electrons. The van der Waals surface area contributed by atoms with Gasteiger partial charge < -0.3 is 20.1 Å². The second-order valence-corrected chi connectivity index (χ2v) is 8.51. The van der Waals surface area contributed by atoms with Gasteiger partial charge in [0.1, 0.15) is 22.8 Å². The lowest BCUT2D eigenvalue weighted by molar-refractivity contribution is -0.116. The minimum Gasteiger partial charge on any atom is -0.496 e. The summed E-state index contributed by atoms with van der Waals surface area (Å²) in [4.78, 5) is 25.6. The molecule has 2 N–H and O–H groups in total. The van der Waals surface area contributed by atoms with Crippen LogP contribution in [-0.4, -0.2) is 41.6 Å². The first kappa shape index (κ1) is 23.8. The first-order valence-electron chi connectivity index (χ1n) is 11.2. The van der Waals surface area contributed by atoms with Gasteiger partial charge in [-0.2, -0.15) is 0 Å². The number of hydrogen-bond acceptors (Lipinski definition) is 7. The third-order valence-electron chi connectivity index (χ3n) is 5.82. The molecule has 34 heavy (non-hydrogen) atoms. The predicted octanol–water partition coefficient (Wildman–Crippen LogP) is 4.55. The van der Waals surface area contributed by atoms with E-state index in [0.717, 1.165) is 23.1 Å². The van der Waals surface area contributed by atoms with Gasteiger partial charge in [-0.05, 0) is 37.3 Å². The van der Waals surface area contributed by atoms with E-state index in [9.17, 15) is 4.79 Å². The summed E-state index contributed by atoms with van der Waals surface area (Å²) in [6.07, 6.45) is 6.07. The Morgan fingerprint density at radius 1 is 1.24 bits per heavy atom. The third-order valence-corrected chi connectivity index (χ3v) is 6.20. The number of anilines is 1. The minimum absolute atomic E-state index is 0.198. The first-order chi connectivity index (χ1) is 16.5. The highest BCUT2D eigenvalue weighted by molar-refractivity contribution is 6.35. The zero-order chi connectivity index (χ0) is 24.2. The molecule has 0 bridgehead atoms. The van der Waals surface area contributed by atoms with E-state index in [2.05, 4.69) is 27.2 Å². The standard InChI is InChI=1S/C25H28ClN5O3/c1-5-16-18(33-3)10-19(34-4)23(26)22(16)17-9-15-12-27-20(13-28-21(32)6-2)31-24(15)25(30-17)29-11-14-7-8-14/h6,9-10,12,14H,2,5,7-8,11,13H2,1,3-4H3,(H,28,32)(H,29,30). The van der Waals surface area contributed by atoms with Crippen molar-refractivity contribution in [3.8, 4) is 22.8 Å². The van der Waals surface area contributed by atoms with Crippen molar-refractivity contribution < 1.29 is 14.3 Å². The third kappa shape index (κ3) is 4.92. The molecule has 4 rings (SSSR count). The van der Waals surface area contributed by atoms with Crippen LogP contribution in [0.1, 0.15) is 31.2 Å². The quantitative estimate of drug-likeness (QED) is 0.410. The molecule has 1 aliphatic carbocycles. The topological polar surface area (TPSA) is 98.3 Å². The van der Waals surface area contributed by atoms with E-state index in [1.165, 1.54) is 18.9 Å². The number of methoxy groups -OCH3 is 2. The maximum absolute atomic E-state index is 11.6. The van der Waals surface area contributed by atoms with Crippen LogP contribution in [-0.2, 0) is 17.8 Å². The molecule has 3 aromatic rings. The molecule has 0 atom stereocenters. The summed E-state index contributed by atoms with van der Waals surface area (Å²) in [5, 5.41) is 7.46. The van der Waals surface area contributed by atoms with Crippen molar-refractivity contribution in [2.75, 3.05) is 26.1 Å². The number of carbonyl (C=O) groups excluding carboxylic acids is 1. The summed E-state index contributed by atoms with van der Waals surface area (Å²) in [6, 6.07) is 3.72. The lowest BCUT2D eigenvalue weighted by atomic mass is 9.99. The first-order valence-corrected chi connectivity index (χ1v) is 11.6. The molecule has 0 aliphatic heterocycles. The van der Waals surface area contributed by atoms with E-state index >= 15 is 0 Å². The van der Waals surface area contributed by atoms with Crippen molar-refractivity contribution in [2.24, 2.45) is 5.92 Å². The molecule has 8 nitrogen and oxygen atoms in total. The summed E-state index contributed by atoms with van der Waals surface area (Å²) in [7, 11) is 3.20. The molecule has 1 fully saturated rings. The van der Waals surface area contributed by atoms with E-state index < -0.39 is 0 Å². The number of halogens is 1. The van der Waals surface area contributed by atoms with Gasteiger partial charge in [-0.3, -0.25) is 4.79 Å². The van der Waals surface area contributed by atoms with Gasteiger partial charge in [0.2, 0.25) is 5.91 Å². The number of benzene rings is 1. The zero-order valence-electron chi connectivity index (χ0n) is 19.6. The number of carbonyl (C=O) groups is 1. The Morgan fingerprint density at radius 3 is 2.65 bits per heavy atom. The van der Waals surface area contributed by atoms with Gasteiger partial charge in [-0.15, -0.1) is 0 Å². The van der Waals surface area contributed by atoms with E-state index in [4.69, 9.17) is 26.1 Å². The van der Waals surface area contributed by atoms with Crippen LogP contribution in [0, 0.1) is 5.92 Å². The Labute approximate surface area is 203 Å². The number of hydrogen-bond donors (Lipinski definition) is 2. The number of fused-ring (bicyclic) bond motifs is 1. The van der Waals surface area contributed by atoms with Crippen molar-refractivity contribution in [1.82, 2.24) is 20.3 Å². The van der Waals surface area contributed by atoms with Crippen LogP contribution < -0.4 is 20.1 Å². The summed E-state index contributed by atoms with van der Waals surface area (Å²) in [5.41, 5.74) is 3.07. The van der Waals surface area contributed by atoms with Crippen LogP contribution in [0.4, 0.5) is 5.82 Å². The molecule has 1 amide bonds. The summed E-state index contributed by atoms with van der Waals surface area (Å²) < 4.78 is 11.1. The van der Waals surface area contributed by atoms with Gasteiger partial charge >= 0.3 is 0 Å². The minimum atomic E-state index is -0.280. The summed E-state index contributed by atoms with van der Waals surface area (Å²) >= 11 is 6.79. The van der Waals surface area contributed by atoms with Crippen LogP contribution in [0.5, 0.6) is 11.5 Å². The zero-order valence-corrected chi connectivity index (χ0v) is 20.3. The molecule has 9 heteroatoms. The molecular weight excluding hydrogens is 454 g/mol. The fraction of sp³-hybridized carbons (Fsp3) is 0.360. The normalized spacial score (nSPS) is 12.9. The summed E-state index contributed by atoms with van der Waals surface area (Å²) in [5.74, 6) is 2.71. The van der Waals surface area contributed by atoms with Crippen molar-refractivity contribution in [3.63, 3.8) is 0 Å². The molecule has 1 aliphatic rings. The van der Waals surface area contributed by atoms with Crippen molar-refractivity contribution in [3.05, 3.63) is 47.4 Å². The Hall–Kier alpha value is -3.39. The fourth-order valence-corrected chi connectivity index (χ4v) is 4.15. The summed E-state index contributed by atoms with van der Waals surface area (Å²) in [6.45, 7) is 6.52. The smallest absolute Gasteiger partial charge is 0.243 e. The van der Waals surface area contributed by atoms with Crippen molar-refractivity contribution >= 4 is 34.2 Å². The van der Waals surface area contributed by atoms with Gasteiger partial charge in [0.15, 0.2) is 5.82 Å². The second-order valence-electron chi connectivity index (χ2n) is 8.13. The average Bonchev–Trinajstić information content (AvgIpc) is 3.69. The second kappa shape index (κ2) is 10.3. The van der Waals surface area contributed by atoms with Crippen LogP contribution >= 0.6 is 11.6 Å². The SMILES string of the molecule is C=CC(=O)NCc1ncc2cc(-c3c(Cl)c(OC)cc(OC)c3CC)nc(NCC3CC3)c2n1. The van der Waals surface area contributed by atoms with Gasteiger partial charge in [-0.1, -0.05) is 25.1 Å². The predicted molar refractivity (Wildman–Crippen MR) is 134 cm³/mol. The van der Waals surface area contributed by atoms with Gasteiger partial charge in [0.25, 0.3) is 0 Å². The Bertz CT molecular complexity index is 1240. The van der Waals surface area contributed by atoms with Crippen LogP contribution in [0.2, 0.25) is 5.02 Å². The van der Waals surface area contributed by atoms with Crippen molar-refractivity contribution in [1.29, 1.82) is 0 Å². The van der Waals surface area contributed by atoms with E-state index in [0.29, 0.717) is 51.7 Å². The number of aromatic nitrogens is 3. The number of ether oxygens (including phenoxy) is 2. The molecule has 1 aromatic carbocycles. The average molecular weight is 482 g/mol. The van der Waals surface area contributed by atoms with Crippen LogP contribution in [0.3, 0.4) is 0 Å². The van der Waals surface area contributed by atoms with E-state index in [1.54, 1.807) is 26.5 Å². The highest BCUT2D eigenvalue weighted by Gasteiger charge is 2.24. The van der Waals surface area contributed by atoms with E-state index in [-0.39, 0.29) is 12.5 Å². The molecule has 0 spiro atoms. The Kier molecular flexibility index (Phi) is 7.17. The van der Waals surface area contributed by atoms with E-state index in [1.807, 2.05) is 13.0 Å².